The first-order valence-corrected chi connectivity index (χ1v) is 5.47. The molecule has 2 unspecified atom stereocenters. The van der Waals surface area contributed by atoms with Crippen molar-refractivity contribution in [3.8, 4) is 0 Å². The summed E-state index contributed by atoms with van der Waals surface area (Å²) < 4.78 is 5.66. The van der Waals surface area contributed by atoms with Gasteiger partial charge in [-0.3, -0.25) is 0 Å². The van der Waals surface area contributed by atoms with Gasteiger partial charge >= 0.3 is 0 Å². The predicted octanol–water partition coefficient (Wildman–Crippen LogP) is 2.32. The second-order valence-electron chi connectivity index (χ2n) is 4.39. The highest BCUT2D eigenvalue weighted by molar-refractivity contribution is 4.96. The van der Waals surface area contributed by atoms with Crippen molar-refractivity contribution in [3.05, 3.63) is 0 Å². The molecule has 0 aliphatic heterocycles. The van der Waals surface area contributed by atoms with E-state index in [0.29, 0.717) is 5.92 Å². The van der Waals surface area contributed by atoms with Crippen LogP contribution in [-0.2, 0) is 4.74 Å². The maximum atomic E-state index is 6.25. The number of hydrogen-bond donors (Lipinski definition) is 1. The molecule has 1 rings (SSSR count). The first-order valence-electron chi connectivity index (χ1n) is 5.47. The van der Waals surface area contributed by atoms with Gasteiger partial charge in [0.25, 0.3) is 0 Å². The zero-order chi connectivity index (χ0) is 9.90. The van der Waals surface area contributed by atoms with Crippen molar-refractivity contribution in [1.29, 1.82) is 0 Å². The van der Waals surface area contributed by atoms with Gasteiger partial charge in [0, 0.05) is 13.2 Å². The molecule has 2 nitrogen and oxygen atoms in total. The predicted molar refractivity (Wildman–Crippen MR) is 55.6 cm³/mol. The van der Waals surface area contributed by atoms with Crippen LogP contribution in [0.15, 0.2) is 0 Å². The lowest BCUT2D eigenvalue weighted by Gasteiger charge is -2.37. The van der Waals surface area contributed by atoms with Gasteiger partial charge < -0.3 is 10.5 Å². The summed E-state index contributed by atoms with van der Waals surface area (Å²) in [5.74, 6) is 0.568. The molecule has 1 aliphatic rings. The zero-order valence-electron chi connectivity index (χ0n) is 9.18. The summed E-state index contributed by atoms with van der Waals surface area (Å²) in [6, 6.07) is 0.213. The van der Waals surface area contributed by atoms with Crippen molar-refractivity contribution < 1.29 is 4.74 Å². The van der Waals surface area contributed by atoms with Crippen LogP contribution in [0, 0.1) is 5.92 Å². The number of rotatable bonds is 4. The number of methoxy groups -OCH3 is 1. The number of ether oxygens (including phenoxy) is 1. The molecule has 2 N–H and O–H groups in total. The van der Waals surface area contributed by atoms with Gasteiger partial charge in [-0.15, -0.1) is 0 Å². The number of hydrogen-bond acceptors (Lipinski definition) is 2. The van der Waals surface area contributed by atoms with Crippen LogP contribution in [0.4, 0.5) is 0 Å². The molecule has 1 aliphatic carbocycles. The van der Waals surface area contributed by atoms with Crippen LogP contribution in [0.2, 0.25) is 0 Å². The summed E-state index contributed by atoms with van der Waals surface area (Å²) in [7, 11) is 1.81. The van der Waals surface area contributed by atoms with Crippen LogP contribution in [0.25, 0.3) is 0 Å². The van der Waals surface area contributed by atoms with Crippen LogP contribution in [0.3, 0.4) is 0 Å². The van der Waals surface area contributed by atoms with Crippen LogP contribution < -0.4 is 5.73 Å². The molecule has 0 heterocycles. The maximum Gasteiger partial charge on any atom is 0.0831 e. The molecule has 0 saturated heterocycles. The fraction of sp³-hybridized carbons (Fsp3) is 1.00. The Hall–Kier alpha value is -0.0800. The van der Waals surface area contributed by atoms with Gasteiger partial charge in [-0.2, -0.15) is 0 Å². The molecule has 0 spiro atoms. The molecule has 0 aromatic heterocycles. The van der Waals surface area contributed by atoms with Gasteiger partial charge in [0.2, 0.25) is 0 Å². The summed E-state index contributed by atoms with van der Waals surface area (Å²) in [4.78, 5) is 0. The monoisotopic (exact) mass is 185 g/mol. The summed E-state index contributed by atoms with van der Waals surface area (Å²) in [6.45, 7) is 4.42. The molecule has 2 heteroatoms. The van der Waals surface area contributed by atoms with E-state index in [1.165, 1.54) is 12.8 Å². The van der Waals surface area contributed by atoms with E-state index in [1.54, 1.807) is 0 Å². The van der Waals surface area contributed by atoms with Crippen molar-refractivity contribution >= 4 is 0 Å². The van der Waals surface area contributed by atoms with Gasteiger partial charge in [-0.25, -0.2) is 0 Å². The van der Waals surface area contributed by atoms with Crippen LogP contribution >= 0.6 is 0 Å². The molecule has 78 valence electrons. The van der Waals surface area contributed by atoms with Gasteiger partial charge in [-0.05, 0) is 18.8 Å². The fourth-order valence-corrected chi connectivity index (χ4v) is 2.42. The lowest BCUT2D eigenvalue weighted by Crippen LogP contribution is -2.51. The lowest BCUT2D eigenvalue weighted by atomic mass is 9.83. The second kappa shape index (κ2) is 4.43. The first-order chi connectivity index (χ1) is 6.16. The molecule has 0 bridgehead atoms. The molecule has 2 atom stereocenters. The van der Waals surface area contributed by atoms with Gasteiger partial charge in [-0.1, -0.05) is 33.1 Å². The summed E-state index contributed by atoms with van der Waals surface area (Å²) in [6.07, 6.45) is 5.99. The van der Waals surface area contributed by atoms with Crippen molar-refractivity contribution in [2.24, 2.45) is 11.7 Å². The van der Waals surface area contributed by atoms with E-state index in [-0.39, 0.29) is 11.6 Å². The van der Waals surface area contributed by atoms with Crippen molar-refractivity contribution in [2.75, 3.05) is 7.11 Å². The Labute approximate surface area is 81.8 Å². The largest absolute Gasteiger partial charge is 0.377 e. The third-order valence-electron chi connectivity index (χ3n) is 3.72. The van der Waals surface area contributed by atoms with E-state index in [2.05, 4.69) is 13.8 Å². The van der Waals surface area contributed by atoms with Gasteiger partial charge in [0.15, 0.2) is 0 Å². The van der Waals surface area contributed by atoms with Crippen LogP contribution in [-0.4, -0.2) is 18.8 Å². The highest BCUT2D eigenvalue weighted by Crippen LogP contribution is 2.37. The normalized spacial score (nSPS) is 25.8. The molecule has 1 fully saturated rings. The topological polar surface area (TPSA) is 35.2 Å². The minimum atomic E-state index is -0.00454. The molecular formula is C11H23NO. The van der Waals surface area contributed by atoms with Crippen LogP contribution in [0.5, 0.6) is 0 Å². The summed E-state index contributed by atoms with van der Waals surface area (Å²) in [5, 5.41) is 0. The van der Waals surface area contributed by atoms with Gasteiger partial charge in [0.05, 0.1) is 5.60 Å². The maximum absolute atomic E-state index is 6.25. The minimum absolute atomic E-state index is 0.00454. The first kappa shape index (κ1) is 11.0. The van der Waals surface area contributed by atoms with Crippen LogP contribution in [0.1, 0.15) is 46.0 Å². The third kappa shape index (κ3) is 2.05. The Morgan fingerprint density at radius 1 is 1.38 bits per heavy atom. The number of nitrogens with two attached hydrogens (primary N) is 1. The standard InChI is InChI=1S/C11H23NO/c1-4-9(2)10(12)11(13-3)7-5-6-8-11/h9-10H,4-8,12H2,1-3H3. The second-order valence-corrected chi connectivity index (χ2v) is 4.39. The van der Waals surface area contributed by atoms with E-state index in [4.69, 9.17) is 10.5 Å². The molecule has 0 aromatic carbocycles. The minimum Gasteiger partial charge on any atom is -0.377 e. The molecule has 1 saturated carbocycles. The Balaban J connectivity index is 2.64. The smallest absolute Gasteiger partial charge is 0.0831 e. The Bertz CT molecular complexity index is 152. The Kier molecular flexibility index (Phi) is 3.74. The third-order valence-corrected chi connectivity index (χ3v) is 3.72. The lowest BCUT2D eigenvalue weighted by molar-refractivity contribution is -0.0388. The quantitative estimate of drug-likeness (QED) is 0.729. The van der Waals surface area contributed by atoms with E-state index >= 15 is 0 Å². The van der Waals surface area contributed by atoms with E-state index in [1.807, 2.05) is 7.11 Å². The zero-order valence-corrected chi connectivity index (χ0v) is 9.18. The average Bonchev–Trinajstić information content (AvgIpc) is 2.65. The highest BCUT2D eigenvalue weighted by atomic mass is 16.5. The molecule has 0 amide bonds. The molecule has 0 radical (unpaired) electrons. The van der Waals surface area contributed by atoms with E-state index in [9.17, 15) is 0 Å². The van der Waals surface area contributed by atoms with E-state index in [0.717, 1.165) is 19.3 Å². The Morgan fingerprint density at radius 3 is 2.31 bits per heavy atom. The average molecular weight is 185 g/mol. The summed E-state index contributed by atoms with van der Waals surface area (Å²) >= 11 is 0. The van der Waals surface area contributed by atoms with Crippen molar-refractivity contribution in [3.63, 3.8) is 0 Å². The van der Waals surface area contributed by atoms with Gasteiger partial charge in [0.1, 0.15) is 0 Å². The molecular weight excluding hydrogens is 162 g/mol. The summed E-state index contributed by atoms with van der Waals surface area (Å²) in [5.41, 5.74) is 6.25. The molecule has 13 heavy (non-hydrogen) atoms. The Morgan fingerprint density at radius 2 is 1.92 bits per heavy atom. The SMILES string of the molecule is CCC(C)C(N)C1(OC)CCCC1. The molecule has 0 aromatic rings. The fourth-order valence-electron chi connectivity index (χ4n) is 2.42. The van der Waals surface area contributed by atoms with Crippen molar-refractivity contribution in [2.45, 2.75) is 57.6 Å². The highest BCUT2D eigenvalue weighted by Gasteiger charge is 2.41. The van der Waals surface area contributed by atoms with Crippen molar-refractivity contribution in [1.82, 2.24) is 0 Å². The van der Waals surface area contributed by atoms with E-state index < -0.39 is 0 Å².